The second kappa shape index (κ2) is 5.53. The lowest BCUT2D eigenvalue weighted by atomic mass is 9.87. The monoisotopic (exact) mass is 301 g/mol. The van der Waals surface area contributed by atoms with E-state index < -0.39 is 16.0 Å². The second-order valence-corrected chi connectivity index (χ2v) is 6.91. The lowest BCUT2D eigenvalue weighted by Gasteiger charge is -2.26. The molecule has 1 aromatic rings. The van der Waals surface area contributed by atoms with Crippen LogP contribution in [0.1, 0.15) is 31.5 Å². The van der Waals surface area contributed by atoms with Gasteiger partial charge in [0, 0.05) is 19.3 Å². The summed E-state index contributed by atoms with van der Waals surface area (Å²) < 4.78 is 28.6. The molecule has 0 aliphatic heterocycles. The van der Waals surface area contributed by atoms with E-state index in [4.69, 9.17) is 5.11 Å². The maximum absolute atomic E-state index is 12.2. The number of imidazole rings is 1. The topological polar surface area (TPSA) is 101 Å². The molecule has 1 aliphatic carbocycles. The van der Waals surface area contributed by atoms with Crippen molar-refractivity contribution in [2.45, 2.75) is 43.7 Å². The highest BCUT2D eigenvalue weighted by molar-refractivity contribution is 7.89. The molecule has 7 nitrogen and oxygen atoms in total. The molecule has 2 rings (SSSR count). The van der Waals surface area contributed by atoms with Crippen LogP contribution in [-0.4, -0.2) is 35.1 Å². The Morgan fingerprint density at radius 2 is 2.00 bits per heavy atom. The summed E-state index contributed by atoms with van der Waals surface area (Å²) >= 11 is 0. The molecule has 1 fully saturated rings. The molecule has 8 heteroatoms. The van der Waals surface area contributed by atoms with Crippen LogP contribution in [0.2, 0.25) is 0 Å². The van der Waals surface area contributed by atoms with E-state index in [1.807, 2.05) is 0 Å². The maximum Gasteiger partial charge on any atom is 0.306 e. The summed E-state index contributed by atoms with van der Waals surface area (Å²) in [6.45, 7) is 1.73. The van der Waals surface area contributed by atoms with E-state index in [1.165, 1.54) is 6.20 Å². The average Bonchev–Trinajstić information content (AvgIpc) is 2.71. The molecule has 1 saturated carbocycles. The average molecular weight is 301 g/mol. The van der Waals surface area contributed by atoms with Crippen molar-refractivity contribution < 1.29 is 18.3 Å². The maximum atomic E-state index is 12.2. The van der Waals surface area contributed by atoms with Gasteiger partial charge in [0.2, 0.25) is 0 Å². The second-order valence-electron chi connectivity index (χ2n) is 5.25. The highest BCUT2D eigenvalue weighted by Gasteiger charge is 2.29. The Bertz CT molecular complexity index is 581. The summed E-state index contributed by atoms with van der Waals surface area (Å²) in [5, 5.41) is 8.93. The van der Waals surface area contributed by atoms with Crippen LogP contribution in [0.15, 0.2) is 11.2 Å². The summed E-state index contributed by atoms with van der Waals surface area (Å²) in [5.41, 5.74) is 0. The number of carboxylic acid groups (broad SMARTS) is 1. The van der Waals surface area contributed by atoms with E-state index in [1.54, 1.807) is 18.5 Å². The first kappa shape index (κ1) is 15.0. The SMILES string of the molecule is Cc1nc(S(=O)(=O)NC2CCC(C(=O)O)CC2)cn1C. The standard InChI is InChI=1S/C12H19N3O4S/c1-8-13-11(7-15(8)2)20(18,19)14-10-5-3-9(4-6-10)12(16)17/h7,9-10,14H,3-6H2,1-2H3,(H,16,17). The molecule has 0 atom stereocenters. The number of sulfonamides is 1. The first-order valence-corrected chi connectivity index (χ1v) is 8.03. The van der Waals surface area contributed by atoms with Gasteiger partial charge in [0.1, 0.15) is 5.82 Å². The van der Waals surface area contributed by atoms with Gasteiger partial charge in [-0.3, -0.25) is 4.79 Å². The molecular formula is C12H19N3O4S. The predicted molar refractivity (Wildman–Crippen MR) is 71.6 cm³/mol. The zero-order valence-electron chi connectivity index (χ0n) is 11.5. The van der Waals surface area contributed by atoms with Crippen LogP contribution >= 0.6 is 0 Å². The summed E-state index contributed by atoms with van der Waals surface area (Å²) in [4.78, 5) is 14.9. The Balaban J connectivity index is 2.01. The van der Waals surface area contributed by atoms with Crippen LogP contribution in [0.3, 0.4) is 0 Å². The molecule has 0 aromatic carbocycles. The number of aliphatic carboxylic acids is 1. The highest BCUT2D eigenvalue weighted by Crippen LogP contribution is 2.25. The van der Waals surface area contributed by atoms with Crippen molar-refractivity contribution in [3.05, 3.63) is 12.0 Å². The Morgan fingerprint density at radius 1 is 1.40 bits per heavy atom. The lowest BCUT2D eigenvalue weighted by Crippen LogP contribution is -2.38. The molecule has 0 saturated heterocycles. The van der Waals surface area contributed by atoms with Crippen molar-refractivity contribution in [3.63, 3.8) is 0 Å². The van der Waals surface area contributed by atoms with Crippen LogP contribution in [0.5, 0.6) is 0 Å². The first-order chi connectivity index (χ1) is 9.29. The van der Waals surface area contributed by atoms with Gasteiger partial charge in [-0.15, -0.1) is 0 Å². The van der Waals surface area contributed by atoms with Gasteiger partial charge in [-0.25, -0.2) is 18.1 Å². The summed E-state index contributed by atoms with van der Waals surface area (Å²) in [7, 11) is -1.89. The fourth-order valence-corrected chi connectivity index (χ4v) is 3.74. The van der Waals surface area contributed by atoms with Crippen LogP contribution in [0.25, 0.3) is 0 Å². The van der Waals surface area contributed by atoms with Gasteiger partial charge in [-0.05, 0) is 32.6 Å². The molecule has 0 radical (unpaired) electrons. The fraction of sp³-hybridized carbons (Fsp3) is 0.667. The van der Waals surface area contributed by atoms with Crippen LogP contribution in [0, 0.1) is 12.8 Å². The van der Waals surface area contributed by atoms with Gasteiger partial charge in [0.05, 0.1) is 5.92 Å². The minimum Gasteiger partial charge on any atom is -0.481 e. The number of hydrogen-bond acceptors (Lipinski definition) is 4. The van der Waals surface area contributed by atoms with Gasteiger partial charge >= 0.3 is 5.97 Å². The number of nitrogens with one attached hydrogen (secondary N) is 1. The zero-order chi connectivity index (χ0) is 14.9. The van der Waals surface area contributed by atoms with E-state index >= 15 is 0 Å². The number of rotatable bonds is 4. The van der Waals surface area contributed by atoms with E-state index in [9.17, 15) is 13.2 Å². The zero-order valence-corrected chi connectivity index (χ0v) is 12.4. The molecule has 112 valence electrons. The molecule has 1 aliphatic rings. The molecule has 2 N–H and O–H groups in total. The van der Waals surface area contributed by atoms with Crippen molar-refractivity contribution >= 4 is 16.0 Å². The van der Waals surface area contributed by atoms with Crippen molar-refractivity contribution in [2.75, 3.05) is 0 Å². The molecule has 20 heavy (non-hydrogen) atoms. The van der Waals surface area contributed by atoms with E-state index in [0.29, 0.717) is 31.5 Å². The molecule has 1 heterocycles. The largest absolute Gasteiger partial charge is 0.481 e. The Morgan fingerprint density at radius 3 is 2.45 bits per heavy atom. The number of aromatic nitrogens is 2. The smallest absolute Gasteiger partial charge is 0.306 e. The van der Waals surface area contributed by atoms with E-state index in [-0.39, 0.29) is 17.0 Å². The van der Waals surface area contributed by atoms with Crippen molar-refractivity contribution in [3.8, 4) is 0 Å². The number of hydrogen-bond donors (Lipinski definition) is 2. The van der Waals surface area contributed by atoms with Gasteiger partial charge in [-0.1, -0.05) is 0 Å². The molecular weight excluding hydrogens is 282 g/mol. The third kappa shape index (κ3) is 3.18. The predicted octanol–water partition coefficient (Wildman–Crippen LogP) is 0.650. The van der Waals surface area contributed by atoms with Crippen molar-refractivity contribution in [1.29, 1.82) is 0 Å². The van der Waals surface area contributed by atoms with Gasteiger partial charge in [0.25, 0.3) is 10.0 Å². The minimum atomic E-state index is -3.63. The Hall–Kier alpha value is -1.41. The fourth-order valence-electron chi connectivity index (χ4n) is 2.39. The molecule has 0 spiro atoms. The summed E-state index contributed by atoms with van der Waals surface area (Å²) in [5.74, 6) is -0.528. The van der Waals surface area contributed by atoms with Crippen LogP contribution < -0.4 is 4.72 Å². The minimum absolute atomic E-state index is 0.0119. The summed E-state index contributed by atoms with van der Waals surface area (Å²) in [6.07, 6.45) is 3.57. The highest BCUT2D eigenvalue weighted by atomic mass is 32.2. The van der Waals surface area contributed by atoms with Crippen LogP contribution in [0.4, 0.5) is 0 Å². The number of carbonyl (C=O) groups is 1. The van der Waals surface area contributed by atoms with E-state index in [0.717, 1.165) is 0 Å². The third-order valence-electron chi connectivity index (χ3n) is 3.76. The van der Waals surface area contributed by atoms with Gasteiger partial charge < -0.3 is 9.67 Å². The summed E-state index contributed by atoms with van der Waals surface area (Å²) in [6, 6.07) is -0.210. The van der Waals surface area contributed by atoms with Crippen molar-refractivity contribution in [2.24, 2.45) is 13.0 Å². The van der Waals surface area contributed by atoms with Gasteiger partial charge in [-0.2, -0.15) is 0 Å². The van der Waals surface area contributed by atoms with Crippen molar-refractivity contribution in [1.82, 2.24) is 14.3 Å². The first-order valence-electron chi connectivity index (χ1n) is 6.54. The Labute approximate surface area is 118 Å². The third-order valence-corrected chi connectivity index (χ3v) is 5.15. The number of aryl methyl sites for hydroxylation is 2. The molecule has 0 unspecified atom stereocenters. The number of nitrogens with zero attached hydrogens (tertiary/aromatic N) is 2. The molecule has 1 aromatic heterocycles. The van der Waals surface area contributed by atoms with Crippen LogP contribution in [-0.2, 0) is 21.9 Å². The normalized spacial score (nSPS) is 23.7. The lowest BCUT2D eigenvalue weighted by molar-refractivity contribution is -0.142. The number of carboxylic acids is 1. The van der Waals surface area contributed by atoms with Gasteiger partial charge in [0.15, 0.2) is 5.03 Å². The van der Waals surface area contributed by atoms with E-state index in [2.05, 4.69) is 9.71 Å². The Kier molecular flexibility index (Phi) is 4.14. The molecule has 0 amide bonds. The molecule has 0 bridgehead atoms. The quantitative estimate of drug-likeness (QED) is 0.850.